The second kappa shape index (κ2) is 6.85. The van der Waals surface area contributed by atoms with Crippen LogP contribution in [0.15, 0.2) is 38.8 Å². The summed E-state index contributed by atoms with van der Waals surface area (Å²) in [5.41, 5.74) is 0.455. The van der Waals surface area contributed by atoms with Crippen molar-refractivity contribution < 1.29 is 19.2 Å². The summed E-state index contributed by atoms with van der Waals surface area (Å²) in [6, 6.07) is 5.54. The minimum atomic E-state index is -1.15. The zero-order chi connectivity index (χ0) is 16.1. The highest BCUT2D eigenvalue weighted by atomic mass is 32.2. The number of aryl methyl sites for hydroxylation is 1. The molecule has 0 radical (unpaired) electrons. The van der Waals surface area contributed by atoms with Crippen molar-refractivity contribution in [2.75, 3.05) is 0 Å². The van der Waals surface area contributed by atoms with Gasteiger partial charge in [0.05, 0.1) is 4.92 Å². The van der Waals surface area contributed by atoms with E-state index in [4.69, 9.17) is 4.42 Å². The van der Waals surface area contributed by atoms with E-state index in [2.05, 4.69) is 10.2 Å². The van der Waals surface area contributed by atoms with E-state index in [9.17, 15) is 20.0 Å². The summed E-state index contributed by atoms with van der Waals surface area (Å²) in [5.74, 6) is -0.734. The van der Waals surface area contributed by atoms with E-state index in [0.717, 1.165) is 11.8 Å². The number of hydrogen-bond donors (Lipinski definition) is 1. The van der Waals surface area contributed by atoms with E-state index >= 15 is 0 Å². The van der Waals surface area contributed by atoms with Gasteiger partial charge in [0, 0.05) is 18.6 Å². The Kier molecular flexibility index (Phi) is 4.89. The van der Waals surface area contributed by atoms with Gasteiger partial charge in [0.2, 0.25) is 5.89 Å². The van der Waals surface area contributed by atoms with Crippen LogP contribution in [0.4, 0.5) is 5.69 Å². The molecule has 9 heteroatoms. The minimum Gasteiger partial charge on any atom is -0.477 e. The van der Waals surface area contributed by atoms with Crippen molar-refractivity contribution in [2.24, 2.45) is 0 Å². The lowest BCUT2D eigenvalue weighted by atomic mass is 10.2. The number of rotatable bonds is 6. The van der Waals surface area contributed by atoms with E-state index < -0.39 is 10.9 Å². The van der Waals surface area contributed by atoms with Gasteiger partial charge in [-0.05, 0) is 35.5 Å². The molecular weight excluding hydrogens is 310 g/mol. The third-order valence-corrected chi connectivity index (χ3v) is 3.41. The number of aromatic nitrogens is 2. The summed E-state index contributed by atoms with van der Waals surface area (Å²) in [4.78, 5) is 21.3. The predicted molar refractivity (Wildman–Crippen MR) is 78.2 cm³/mol. The van der Waals surface area contributed by atoms with E-state index in [0.29, 0.717) is 17.9 Å². The maximum absolute atomic E-state index is 11.3. The number of aliphatic carboxylic acids is 1. The highest BCUT2D eigenvalue weighted by molar-refractivity contribution is 8.03. The van der Waals surface area contributed by atoms with Crippen molar-refractivity contribution in [1.82, 2.24) is 10.2 Å². The Bertz CT molecular complexity index is 724. The van der Waals surface area contributed by atoms with Crippen LogP contribution in [0.3, 0.4) is 0 Å². The Balaban J connectivity index is 2.22. The lowest BCUT2D eigenvalue weighted by Crippen LogP contribution is -1.97. The fourth-order valence-electron chi connectivity index (χ4n) is 1.49. The third-order valence-electron chi connectivity index (χ3n) is 2.56. The normalized spacial score (nSPS) is 11.4. The molecule has 2 rings (SSSR count). The average molecular weight is 321 g/mol. The number of non-ortho nitro benzene ring substituents is 1. The second-order valence-electron chi connectivity index (χ2n) is 4.08. The number of benzene rings is 1. The molecule has 22 heavy (non-hydrogen) atoms. The molecule has 0 saturated heterocycles. The molecule has 0 bridgehead atoms. The van der Waals surface area contributed by atoms with Gasteiger partial charge in [-0.25, -0.2) is 4.79 Å². The van der Waals surface area contributed by atoms with Gasteiger partial charge in [-0.2, -0.15) is 0 Å². The molecule has 114 valence electrons. The molecule has 1 aromatic heterocycles. The van der Waals surface area contributed by atoms with Crippen LogP contribution in [0.2, 0.25) is 0 Å². The minimum absolute atomic E-state index is 0.0276. The van der Waals surface area contributed by atoms with Crippen LogP contribution in [-0.4, -0.2) is 26.2 Å². The topological polar surface area (TPSA) is 119 Å². The van der Waals surface area contributed by atoms with E-state index in [-0.39, 0.29) is 15.8 Å². The van der Waals surface area contributed by atoms with Gasteiger partial charge in [-0.3, -0.25) is 10.1 Å². The fraction of sp³-hybridized carbons (Fsp3) is 0.154. The smallest absolute Gasteiger partial charge is 0.342 e. The predicted octanol–water partition coefficient (Wildman–Crippen LogP) is 2.76. The maximum atomic E-state index is 11.3. The molecule has 0 saturated carbocycles. The van der Waals surface area contributed by atoms with Crippen LogP contribution in [-0.2, 0) is 11.2 Å². The molecular formula is C13H11N3O5S. The van der Waals surface area contributed by atoms with Crippen LogP contribution < -0.4 is 0 Å². The number of hydrogen-bond acceptors (Lipinski definition) is 7. The van der Waals surface area contributed by atoms with Crippen molar-refractivity contribution in [3.05, 3.63) is 50.7 Å². The lowest BCUT2D eigenvalue weighted by molar-refractivity contribution is -0.384. The van der Waals surface area contributed by atoms with Gasteiger partial charge in [-0.1, -0.05) is 6.92 Å². The second-order valence-corrected chi connectivity index (χ2v) is 5.07. The fourth-order valence-corrected chi connectivity index (χ4v) is 2.18. The van der Waals surface area contributed by atoms with Crippen molar-refractivity contribution in [1.29, 1.82) is 0 Å². The van der Waals surface area contributed by atoms with Gasteiger partial charge in [-0.15, -0.1) is 10.2 Å². The number of carboxylic acid groups (broad SMARTS) is 1. The summed E-state index contributed by atoms with van der Waals surface area (Å²) in [5, 5.41) is 27.4. The third kappa shape index (κ3) is 3.92. The zero-order valence-electron chi connectivity index (χ0n) is 11.4. The quantitative estimate of drug-likeness (QED) is 0.373. The first-order valence-electron chi connectivity index (χ1n) is 6.19. The molecule has 0 fully saturated rings. The van der Waals surface area contributed by atoms with Gasteiger partial charge in [0.15, 0.2) is 0 Å². The molecule has 0 amide bonds. The molecule has 1 aromatic carbocycles. The number of thioether (sulfide) groups is 1. The zero-order valence-corrected chi connectivity index (χ0v) is 12.2. The summed E-state index contributed by atoms with van der Waals surface area (Å²) < 4.78 is 5.25. The standard InChI is InChI=1S/C13H11N3O5S/c1-2-11-14-15-13(21-11)22-10(12(17)18)7-8-3-5-9(6-4-8)16(19)20/h3-7H,2H2,1H3,(H,17,18)/b10-7+. The first-order valence-corrected chi connectivity index (χ1v) is 7.01. The van der Waals surface area contributed by atoms with Crippen molar-refractivity contribution >= 4 is 29.5 Å². The molecule has 0 aliphatic heterocycles. The largest absolute Gasteiger partial charge is 0.477 e. The van der Waals surface area contributed by atoms with Gasteiger partial charge in [0.1, 0.15) is 4.91 Å². The Labute approximate surface area is 129 Å². The van der Waals surface area contributed by atoms with Crippen molar-refractivity contribution in [3.63, 3.8) is 0 Å². The van der Waals surface area contributed by atoms with Gasteiger partial charge >= 0.3 is 5.97 Å². The van der Waals surface area contributed by atoms with E-state index in [1.807, 2.05) is 6.92 Å². The summed E-state index contributed by atoms with van der Waals surface area (Å²) >= 11 is 0.826. The molecule has 1 heterocycles. The van der Waals surface area contributed by atoms with Gasteiger partial charge in [0.25, 0.3) is 10.9 Å². The van der Waals surface area contributed by atoms with E-state index in [1.165, 1.54) is 30.3 Å². The number of nitrogens with zero attached hydrogens (tertiary/aromatic N) is 3. The Morgan fingerprint density at radius 1 is 1.41 bits per heavy atom. The summed E-state index contributed by atoms with van der Waals surface area (Å²) in [6.45, 7) is 1.84. The number of nitro groups is 1. The van der Waals surface area contributed by atoms with Crippen LogP contribution >= 0.6 is 11.8 Å². The average Bonchev–Trinajstić information content (AvgIpc) is 2.94. The molecule has 0 atom stereocenters. The first-order chi connectivity index (χ1) is 10.5. The van der Waals surface area contributed by atoms with Gasteiger partial charge < -0.3 is 9.52 Å². The summed E-state index contributed by atoms with van der Waals surface area (Å²) in [7, 11) is 0. The van der Waals surface area contributed by atoms with Crippen LogP contribution in [0.25, 0.3) is 6.08 Å². The molecule has 8 nitrogen and oxygen atoms in total. The Morgan fingerprint density at radius 3 is 2.59 bits per heavy atom. The van der Waals surface area contributed by atoms with Crippen LogP contribution in [0.1, 0.15) is 18.4 Å². The van der Waals surface area contributed by atoms with Crippen molar-refractivity contribution in [2.45, 2.75) is 18.6 Å². The Hall–Kier alpha value is -2.68. The summed E-state index contributed by atoms with van der Waals surface area (Å²) in [6.07, 6.45) is 1.94. The first kappa shape index (κ1) is 15.7. The molecule has 0 spiro atoms. The van der Waals surface area contributed by atoms with E-state index in [1.54, 1.807) is 0 Å². The highest BCUT2D eigenvalue weighted by Gasteiger charge is 2.15. The molecule has 1 N–H and O–H groups in total. The number of carbonyl (C=O) groups is 1. The molecule has 2 aromatic rings. The molecule has 0 aliphatic carbocycles. The molecule has 0 unspecified atom stereocenters. The highest BCUT2D eigenvalue weighted by Crippen LogP contribution is 2.28. The number of carboxylic acids is 1. The monoisotopic (exact) mass is 321 g/mol. The number of nitro benzene ring substituents is 1. The molecule has 0 aliphatic rings. The lowest BCUT2D eigenvalue weighted by Gasteiger charge is -1.99. The maximum Gasteiger partial charge on any atom is 0.342 e. The Morgan fingerprint density at radius 2 is 2.09 bits per heavy atom. The SMILES string of the molecule is CCc1nnc(S/C(=C/c2ccc([N+](=O)[O-])cc2)C(=O)O)o1. The van der Waals surface area contributed by atoms with Crippen molar-refractivity contribution in [3.8, 4) is 0 Å². The van der Waals surface area contributed by atoms with Crippen LogP contribution in [0.5, 0.6) is 0 Å². The van der Waals surface area contributed by atoms with Crippen LogP contribution in [0, 0.1) is 10.1 Å².